The maximum Gasteiger partial charge on any atom is 0.327 e. The van der Waals surface area contributed by atoms with Crippen LogP contribution in [0.5, 0.6) is 0 Å². The Morgan fingerprint density at radius 1 is 1.36 bits per heavy atom. The van der Waals surface area contributed by atoms with Crippen molar-refractivity contribution < 1.29 is 28.6 Å². The number of aliphatic hydroxyl groups is 2. The van der Waals surface area contributed by atoms with E-state index in [1.54, 1.807) is 26.5 Å². The molecule has 0 spiro atoms. The van der Waals surface area contributed by atoms with Crippen LogP contribution in [-0.2, 0) is 18.4 Å². The van der Waals surface area contributed by atoms with Gasteiger partial charge in [0.1, 0.15) is 0 Å². The van der Waals surface area contributed by atoms with Gasteiger partial charge in [-0.1, -0.05) is 21.6 Å². The monoisotopic (exact) mass is 416 g/mol. The van der Waals surface area contributed by atoms with E-state index in [4.69, 9.17) is 19.9 Å². The molecule has 11 heteroatoms. The van der Waals surface area contributed by atoms with E-state index in [1.165, 1.54) is 6.66 Å². The third-order valence-corrected chi connectivity index (χ3v) is 7.33. The van der Waals surface area contributed by atoms with Gasteiger partial charge in [-0.2, -0.15) is 0 Å². The van der Waals surface area contributed by atoms with Gasteiger partial charge in [0, 0.05) is 37.7 Å². The summed E-state index contributed by atoms with van der Waals surface area (Å²) in [5.41, 5.74) is 5.42. The minimum atomic E-state index is -3.27. The van der Waals surface area contributed by atoms with Gasteiger partial charge in [0.15, 0.2) is 0 Å². The fraction of sp³-hybridized carbons (Fsp3) is 0.929. The van der Waals surface area contributed by atoms with Crippen LogP contribution in [0.15, 0.2) is 0 Å². The Hall–Kier alpha value is 0.200. The van der Waals surface area contributed by atoms with Crippen molar-refractivity contribution in [1.29, 1.82) is 0 Å². The number of nitrogens with two attached hydrogens (primary N) is 1. The summed E-state index contributed by atoms with van der Waals surface area (Å²) in [6, 6.07) is -0.312. The molecule has 1 amide bonds. The van der Waals surface area contributed by atoms with Gasteiger partial charge >= 0.3 is 7.60 Å². The minimum absolute atomic E-state index is 0.0308. The molecule has 1 aliphatic rings. The van der Waals surface area contributed by atoms with E-state index in [1.807, 2.05) is 0 Å². The molecule has 1 fully saturated rings. The van der Waals surface area contributed by atoms with Crippen molar-refractivity contribution >= 4 is 35.1 Å². The van der Waals surface area contributed by atoms with Gasteiger partial charge in [-0.25, -0.2) is 0 Å². The molecule has 0 aliphatic carbocycles. The van der Waals surface area contributed by atoms with Crippen LogP contribution in [0, 0.1) is 0 Å². The van der Waals surface area contributed by atoms with E-state index in [-0.39, 0.29) is 38.3 Å². The standard InChI is InChI=1S/C14H29N2O6PS2/c1-23(20,21-6-5-17)22-11-12-9-13(18)10-16(12)14(19)3-2-7-24-25-8-4-15/h12-13,17-18H,2-11,15H2,1H3/t12-,13+,23?/m0/s1. The second-order valence-electron chi connectivity index (χ2n) is 5.75. The lowest BCUT2D eigenvalue weighted by Gasteiger charge is -2.25. The number of carbonyl (C=O) groups excluding carboxylic acids is 1. The largest absolute Gasteiger partial charge is 0.394 e. The molecule has 0 saturated carbocycles. The summed E-state index contributed by atoms with van der Waals surface area (Å²) in [5.74, 6) is 1.73. The highest BCUT2D eigenvalue weighted by atomic mass is 33.1. The molecule has 25 heavy (non-hydrogen) atoms. The van der Waals surface area contributed by atoms with E-state index in [0.29, 0.717) is 19.4 Å². The van der Waals surface area contributed by atoms with Crippen LogP contribution < -0.4 is 5.73 Å². The normalized spacial score (nSPS) is 23.0. The van der Waals surface area contributed by atoms with E-state index < -0.39 is 13.7 Å². The molecule has 0 aromatic carbocycles. The summed E-state index contributed by atoms with van der Waals surface area (Å²) in [7, 11) is 0.132. The van der Waals surface area contributed by atoms with Gasteiger partial charge in [-0.3, -0.25) is 9.36 Å². The quantitative estimate of drug-likeness (QED) is 0.228. The van der Waals surface area contributed by atoms with E-state index in [0.717, 1.165) is 17.9 Å². The summed E-state index contributed by atoms with van der Waals surface area (Å²) >= 11 is 0. The highest BCUT2D eigenvalue weighted by Crippen LogP contribution is 2.44. The molecule has 4 N–H and O–H groups in total. The number of carbonyl (C=O) groups is 1. The van der Waals surface area contributed by atoms with Gasteiger partial charge in [0.05, 0.1) is 32.0 Å². The van der Waals surface area contributed by atoms with Crippen molar-refractivity contribution in [2.75, 3.05) is 51.1 Å². The van der Waals surface area contributed by atoms with Crippen molar-refractivity contribution in [2.24, 2.45) is 5.73 Å². The predicted octanol–water partition coefficient (Wildman–Crippen LogP) is 0.917. The molecule has 1 aliphatic heterocycles. The molecule has 0 aromatic heterocycles. The Kier molecular flexibility index (Phi) is 11.7. The molecule has 0 aromatic rings. The summed E-state index contributed by atoms with van der Waals surface area (Å²) in [5, 5.41) is 18.6. The van der Waals surface area contributed by atoms with Gasteiger partial charge in [-0.05, 0) is 12.8 Å². The number of likely N-dealkylation sites (tertiary alicyclic amines) is 1. The molecule has 148 valence electrons. The van der Waals surface area contributed by atoms with Gasteiger partial charge < -0.3 is 29.9 Å². The van der Waals surface area contributed by atoms with E-state index in [9.17, 15) is 14.5 Å². The third kappa shape index (κ3) is 9.63. The van der Waals surface area contributed by atoms with Crippen LogP contribution in [0.1, 0.15) is 19.3 Å². The second kappa shape index (κ2) is 12.6. The molecule has 1 unspecified atom stereocenters. The van der Waals surface area contributed by atoms with E-state index >= 15 is 0 Å². The number of hydrogen-bond donors (Lipinski definition) is 3. The number of rotatable bonds is 13. The second-order valence-corrected chi connectivity index (χ2v) is 10.5. The topological polar surface area (TPSA) is 122 Å². The average molecular weight is 417 g/mol. The molecule has 0 bridgehead atoms. The van der Waals surface area contributed by atoms with Crippen LogP contribution in [-0.4, -0.2) is 84.2 Å². The number of nitrogens with zero attached hydrogens (tertiary/aromatic N) is 1. The zero-order chi connectivity index (χ0) is 18.7. The van der Waals surface area contributed by atoms with Crippen molar-refractivity contribution in [3.63, 3.8) is 0 Å². The van der Waals surface area contributed by atoms with Crippen LogP contribution in [0.4, 0.5) is 0 Å². The molecule has 0 radical (unpaired) electrons. The van der Waals surface area contributed by atoms with Crippen molar-refractivity contribution in [3.8, 4) is 0 Å². The zero-order valence-electron chi connectivity index (χ0n) is 14.5. The highest BCUT2D eigenvalue weighted by Gasteiger charge is 2.35. The lowest BCUT2D eigenvalue weighted by molar-refractivity contribution is -0.132. The van der Waals surface area contributed by atoms with E-state index in [2.05, 4.69) is 0 Å². The molecule has 1 heterocycles. The first-order valence-electron chi connectivity index (χ1n) is 8.29. The first kappa shape index (κ1) is 23.2. The highest BCUT2D eigenvalue weighted by molar-refractivity contribution is 8.76. The fourth-order valence-electron chi connectivity index (χ4n) is 2.41. The van der Waals surface area contributed by atoms with Crippen LogP contribution in [0.25, 0.3) is 0 Å². The number of aliphatic hydroxyl groups excluding tert-OH is 2. The molecule has 3 atom stereocenters. The van der Waals surface area contributed by atoms with Crippen molar-refractivity contribution in [2.45, 2.75) is 31.4 Å². The zero-order valence-corrected chi connectivity index (χ0v) is 17.1. The Labute approximate surface area is 157 Å². The number of β-amino-alcohol motifs (C(OH)–C–C–N with tert-alkyl or cyclic N) is 1. The Morgan fingerprint density at radius 3 is 2.76 bits per heavy atom. The van der Waals surface area contributed by atoms with Crippen LogP contribution in [0.2, 0.25) is 0 Å². The summed E-state index contributed by atoms with van der Waals surface area (Å²) in [4.78, 5) is 14.0. The maximum atomic E-state index is 12.4. The Balaban J connectivity index is 2.37. The third-order valence-electron chi connectivity index (χ3n) is 3.53. The molecule has 1 saturated heterocycles. The molecule has 1 rings (SSSR count). The number of hydrogen-bond acceptors (Lipinski definition) is 9. The van der Waals surface area contributed by atoms with Crippen molar-refractivity contribution in [3.05, 3.63) is 0 Å². The van der Waals surface area contributed by atoms with Crippen molar-refractivity contribution in [1.82, 2.24) is 4.90 Å². The first-order valence-corrected chi connectivity index (χ1v) is 12.8. The van der Waals surface area contributed by atoms with Gasteiger partial charge in [0.2, 0.25) is 5.91 Å². The summed E-state index contributed by atoms with van der Waals surface area (Å²) in [6.07, 6.45) is 0.964. The molecular weight excluding hydrogens is 387 g/mol. The lowest BCUT2D eigenvalue weighted by Crippen LogP contribution is -2.38. The fourth-order valence-corrected chi connectivity index (χ4v) is 5.29. The number of amides is 1. The average Bonchev–Trinajstić information content (AvgIpc) is 2.95. The summed E-state index contributed by atoms with van der Waals surface area (Å²) < 4.78 is 22.3. The first-order chi connectivity index (χ1) is 11.9. The minimum Gasteiger partial charge on any atom is -0.394 e. The summed E-state index contributed by atoms with van der Waals surface area (Å²) in [6.45, 7) is 1.99. The molecule has 8 nitrogen and oxygen atoms in total. The lowest BCUT2D eigenvalue weighted by atomic mass is 10.2. The smallest absolute Gasteiger partial charge is 0.327 e. The predicted molar refractivity (Wildman–Crippen MR) is 102 cm³/mol. The Morgan fingerprint density at radius 2 is 2.08 bits per heavy atom. The SMILES string of the molecule is CP(=O)(OCCO)OC[C@@H]1C[C@@H](O)CN1C(=O)CCCSSCCN. The molecular formula is C14H29N2O6PS2. The van der Waals surface area contributed by atoms with Crippen LogP contribution >= 0.6 is 29.2 Å². The maximum absolute atomic E-state index is 12.4. The van der Waals surface area contributed by atoms with Crippen LogP contribution in [0.3, 0.4) is 0 Å². The van der Waals surface area contributed by atoms with Gasteiger partial charge in [-0.15, -0.1) is 0 Å². The van der Waals surface area contributed by atoms with Gasteiger partial charge in [0.25, 0.3) is 0 Å². The Bertz CT molecular complexity index is 446.